The minimum Gasteiger partial charge on any atom is -0.382 e. The van der Waals surface area contributed by atoms with E-state index in [9.17, 15) is 8.42 Å². The molecule has 0 saturated carbocycles. The number of pyridine rings is 1. The van der Waals surface area contributed by atoms with E-state index in [0.29, 0.717) is 24.7 Å². The van der Waals surface area contributed by atoms with Gasteiger partial charge in [-0.25, -0.2) is 22.7 Å². The molecule has 2 aromatic heterocycles. The first-order valence-corrected chi connectivity index (χ1v) is 11.1. The van der Waals surface area contributed by atoms with Crippen molar-refractivity contribution in [2.45, 2.75) is 59.4 Å². The van der Waals surface area contributed by atoms with Crippen LogP contribution in [0.25, 0.3) is 11.0 Å². The molecule has 1 aliphatic rings. The minimum absolute atomic E-state index is 0.296. The molecule has 0 atom stereocenters. The molecule has 0 radical (unpaired) electrons. The Labute approximate surface area is 155 Å². The van der Waals surface area contributed by atoms with Gasteiger partial charge in [0.1, 0.15) is 11.3 Å². The largest absolute Gasteiger partial charge is 0.382 e. The van der Waals surface area contributed by atoms with Gasteiger partial charge in [-0.3, -0.25) is 0 Å². The molecule has 0 aliphatic carbocycles. The predicted molar refractivity (Wildman–Crippen MR) is 105 cm³/mol. The maximum atomic E-state index is 11.9. The van der Waals surface area contributed by atoms with Crippen LogP contribution in [0.4, 0.5) is 5.82 Å². The molecular weight excluding hydrogens is 350 g/mol. The smallest absolute Gasteiger partial charge is 0.214 e. The lowest BCUT2D eigenvalue weighted by atomic mass is 10.2. The van der Waals surface area contributed by atoms with Crippen LogP contribution in [-0.4, -0.2) is 46.1 Å². The Balaban J connectivity index is 1.79. The summed E-state index contributed by atoms with van der Waals surface area (Å²) in [5.74, 6) is 1.82. The lowest BCUT2D eigenvalue weighted by Gasteiger charge is -2.15. The van der Waals surface area contributed by atoms with Crippen molar-refractivity contribution >= 4 is 26.9 Å². The SMILES string of the molecule is CCCc1nc2c(N)nc(C)c(C)c2n1CCCCN1CCCS1(=O)=O. The third-order valence-electron chi connectivity index (χ3n) is 5.19. The summed E-state index contributed by atoms with van der Waals surface area (Å²) in [6, 6.07) is 0. The third kappa shape index (κ3) is 3.57. The second kappa shape index (κ2) is 7.52. The summed E-state index contributed by atoms with van der Waals surface area (Å²) in [6.07, 6.45) is 4.42. The molecule has 1 aliphatic heterocycles. The van der Waals surface area contributed by atoms with E-state index < -0.39 is 10.0 Å². The van der Waals surface area contributed by atoms with Crippen molar-refractivity contribution in [3.63, 3.8) is 0 Å². The van der Waals surface area contributed by atoms with E-state index in [2.05, 4.69) is 23.4 Å². The van der Waals surface area contributed by atoms with Crippen molar-refractivity contribution in [2.24, 2.45) is 0 Å². The molecular formula is C18H29N5O2S. The molecule has 8 heteroatoms. The fourth-order valence-electron chi connectivity index (χ4n) is 3.70. The summed E-state index contributed by atoms with van der Waals surface area (Å²) >= 11 is 0. The molecule has 3 rings (SSSR count). The summed E-state index contributed by atoms with van der Waals surface area (Å²) in [5.41, 5.74) is 10.0. The van der Waals surface area contributed by atoms with E-state index in [-0.39, 0.29) is 0 Å². The second-order valence-electron chi connectivity index (χ2n) is 7.11. The molecule has 2 N–H and O–H groups in total. The Morgan fingerprint density at radius 3 is 2.54 bits per heavy atom. The Morgan fingerprint density at radius 2 is 1.88 bits per heavy atom. The van der Waals surface area contributed by atoms with Crippen LogP contribution in [0.5, 0.6) is 0 Å². The number of hydrogen-bond donors (Lipinski definition) is 1. The van der Waals surface area contributed by atoms with Crippen molar-refractivity contribution in [3.05, 3.63) is 17.1 Å². The summed E-state index contributed by atoms with van der Waals surface area (Å²) in [5, 5.41) is 0. The predicted octanol–water partition coefficient (Wildman–Crippen LogP) is 2.40. The normalized spacial score (nSPS) is 17.3. The molecule has 1 saturated heterocycles. The van der Waals surface area contributed by atoms with Crippen LogP contribution in [-0.2, 0) is 23.0 Å². The van der Waals surface area contributed by atoms with Crippen molar-refractivity contribution in [3.8, 4) is 0 Å². The number of aromatic nitrogens is 3. The van der Waals surface area contributed by atoms with Crippen molar-refractivity contribution in [1.29, 1.82) is 0 Å². The Bertz CT molecular complexity index is 904. The van der Waals surface area contributed by atoms with E-state index in [1.165, 1.54) is 0 Å². The van der Waals surface area contributed by atoms with E-state index in [1.807, 2.05) is 6.92 Å². The summed E-state index contributed by atoms with van der Waals surface area (Å²) in [7, 11) is -3.00. The van der Waals surface area contributed by atoms with Crippen LogP contribution in [0.1, 0.15) is 49.7 Å². The lowest BCUT2D eigenvalue weighted by Crippen LogP contribution is -2.26. The first-order chi connectivity index (χ1) is 12.3. The van der Waals surface area contributed by atoms with Crippen LogP contribution in [0.3, 0.4) is 0 Å². The molecule has 2 aromatic rings. The van der Waals surface area contributed by atoms with Gasteiger partial charge in [-0.1, -0.05) is 6.92 Å². The van der Waals surface area contributed by atoms with Gasteiger partial charge in [-0.15, -0.1) is 0 Å². The number of unbranched alkanes of at least 4 members (excludes halogenated alkanes) is 1. The molecule has 3 heterocycles. The van der Waals surface area contributed by atoms with Crippen LogP contribution in [0.15, 0.2) is 0 Å². The van der Waals surface area contributed by atoms with Crippen LogP contribution < -0.4 is 5.73 Å². The maximum absolute atomic E-state index is 11.9. The number of rotatable bonds is 7. The van der Waals surface area contributed by atoms with Gasteiger partial charge in [0, 0.05) is 31.7 Å². The molecule has 0 unspecified atom stereocenters. The Morgan fingerprint density at radius 1 is 1.15 bits per heavy atom. The molecule has 0 spiro atoms. The van der Waals surface area contributed by atoms with Gasteiger partial charge in [0.05, 0.1) is 11.3 Å². The van der Waals surface area contributed by atoms with Gasteiger partial charge in [0.25, 0.3) is 0 Å². The highest BCUT2D eigenvalue weighted by Crippen LogP contribution is 2.27. The van der Waals surface area contributed by atoms with Crippen molar-refractivity contribution in [2.75, 3.05) is 24.6 Å². The van der Waals surface area contributed by atoms with Crippen molar-refractivity contribution in [1.82, 2.24) is 18.8 Å². The van der Waals surface area contributed by atoms with E-state index >= 15 is 0 Å². The van der Waals surface area contributed by atoms with E-state index in [4.69, 9.17) is 10.7 Å². The van der Waals surface area contributed by atoms with Crippen LogP contribution in [0.2, 0.25) is 0 Å². The summed E-state index contributed by atoms with van der Waals surface area (Å²) < 4.78 is 27.7. The zero-order chi connectivity index (χ0) is 18.9. The Hall–Kier alpha value is -1.67. The van der Waals surface area contributed by atoms with Gasteiger partial charge >= 0.3 is 0 Å². The first-order valence-electron chi connectivity index (χ1n) is 9.44. The second-order valence-corrected chi connectivity index (χ2v) is 9.20. The van der Waals surface area contributed by atoms with Gasteiger partial charge in [0.2, 0.25) is 10.0 Å². The van der Waals surface area contributed by atoms with Crippen LogP contribution in [0, 0.1) is 13.8 Å². The number of nitrogens with zero attached hydrogens (tertiary/aromatic N) is 4. The molecule has 0 aromatic carbocycles. The molecule has 1 fully saturated rings. The van der Waals surface area contributed by atoms with Gasteiger partial charge in [-0.2, -0.15) is 0 Å². The number of imidazole rings is 1. The standard InChI is InChI=1S/C18H29N5O2S/c1-4-8-15-21-16-17(13(2)14(3)20-18(16)19)23(15)11-6-5-9-22-10-7-12-26(22,24)25/h4-12H2,1-3H3,(H2,19,20). The monoisotopic (exact) mass is 379 g/mol. The molecule has 7 nitrogen and oxygen atoms in total. The highest BCUT2D eigenvalue weighted by Gasteiger charge is 2.27. The van der Waals surface area contributed by atoms with E-state index in [1.54, 1.807) is 4.31 Å². The number of fused-ring (bicyclic) bond motifs is 1. The molecule has 26 heavy (non-hydrogen) atoms. The average Bonchev–Trinajstić information content (AvgIpc) is 3.10. The highest BCUT2D eigenvalue weighted by atomic mass is 32.2. The zero-order valence-corrected chi connectivity index (χ0v) is 16.8. The zero-order valence-electron chi connectivity index (χ0n) is 16.0. The fourth-order valence-corrected chi connectivity index (χ4v) is 5.27. The molecule has 0 amide bonds. The molecule has 0 bridgehead atoms. The Kier molecular flexibility index (Phi) is 5.53. The number of hydrogen-bond acceptors (Lipinski definition) is 5. The number of nitrogen functional groups attached to an aromatic ring is 1. The van der Waals surface area contributed by atoms with Gasteiger partial charge in [0.15, 0.2) is 5.82 Å². The number of anilines is 1. The number of sulfonamides is 1. The fraction of sp³-hybridized carbons (Fsp3) is 0.667. The number of nitrogens with two attached hydrogens (primary N) is 1. The topological polar surface area (TPSA) is 94.1 Å². The minimum atomic E-state index is -3.00. The number of aryl methyl sites for hydroxylation is 4. The van der Waals surface area contributed by atoms with E-state index in [0.717, 1.165) is 66.8 Å². The first kappa shape index (κ1) is 19.1. The quantitative estimate of drug-likeness (QED) is 0.746. The van der Waals surface area contributed by atoms with Crippen molar-refractivity contribution < 1.29 is 8.42 Å². The lowest BCUT2D eigenvalue weighted by molar-refractivity contribution is 0.422. The van der Waals surface area contributed by atoms with Gasteiger partial charge < -0.3 is 10.3 Å². The van der Waals surface area contributed by atoms with Gasteiger partial charge in [-0.05, 0) is 45.1 Å². The maximum Gasteiger partial charge on any atom is 0.214 e. The summed E-state index contributed by atoms with van der Waals surface area (Å²) in [4.78, 5) is 9.16. The molecule has 144 valence electrons. The summed E-state index contributed by atoms with van der Waals surface area (Å²) in [6.45, 7) is 8.28. The average molecular weight is 380 g/mol. The third-order valence-corrected chi connectivity index (χ3v) is 7.15. The van der Waals surface area contributed by atoms with Crippen LogP contribution >= 0.6 is 0 Å². The highest BCUT2D eigenvalue weighted by molar-refractivity contribution is 7.89.